The number of para-hydroxylation sites is 1. The van der Waals surface area contributed by atoms with E-state index in [1.165, 1.54) is 5.56 Å². The van der Waals surface area contributed by atoms with Crippen molar-refractivity contribution < 1.29 is 9.47 Å². The van der Waals surface area contributed by atoms with Crippen LogP contribution >= 0.6 is 0 Å². The molecule has 6 heteroatoms. The second-order valence-corrected chi connectivity index (χ2v) is 6.05. The zero-order valence-electron chi connectivity index (χ0n) is 14.2. The molecule has 128 valence electrons. The fourth-order valence-corrected chi connectivity index (χ4v) is 3.29. The molecule has 0 unspecified atom stereocenters. The molecule has 0 fully saturated rings. The first kappa shape index (κ1) is 15.5. The maximum Gasteiger partial charge on any atom is 0.260 e. The van der Waals surface area contributed by atoms with Gasteiger partial charge in [0.2, 0.25) is 5.95 Å². The minimum atomic E-state index is -0.112. The summed E-state index contributed by atoms with van der Waals surface area (Å²) in [6.07, 6.45) is 0.853. The van der Waals surface area contributed by atoms with E-state index in [9.17, 15) is 4.79 Å². The van der Waals surface area contributed by atoms with Crippen molar-refractivity contribution in [1.82, 2.24) is 9.97 Å². The molecule has 1 aliphatic rings. The highest BCUT2D eigenvalue weighted by molar-refractivity contribution is 5.78. The van der Waals surface area contributed by atoms with Crippen molar-refractivity contribution in [1.29, 1.82) is 0 Å². The average Bonchev–Trinajstić information content (AvgIpc) is 2.66. The lowest BCUT2D eigenvalue weighted by molar-refractivity contribution is 0.353. The molecule has 0 saturated heterocycles. The van der Waals surface area contributed by atoms with Gasteiger partial charge in [-0.2, -0.15) is 0 Å². The first-order chi connectivity index (χ1) is 12.2. The second kappa shape index (κ2) is 6.12. The van der Waals surface area contributed by atoms with Crippen molar-refractivity contribution in [3.63, 3.8) is 0 Å². The molecule has 1 N–H and O–H groups in total. The highest BCUT2D eigenvalue weighted by atomic mass is 16.5. The van der Waals surface area contributed by atoms with E-state index < -0.39 is 0 Å². The molecule has 1 aliphatic heterocycles. The number of hydrogen-bond donors (Lipinski definition) is 1. The number of H-pyrrole nitrogens is 1. The molecular weight excluding hydrogens is 318 g/mol. The smallest absolute Gasteiger partial charge is 0.260 e. The van der Waals surface area contributed by atoms with Crippen molar-refractivity contribution in [2.45, 2.75) is 13.0 Å². The fourth-order valence-electron chi connectivity index (χ4n) is 3.29. The van der Waals surface area contributed by atoms with E-state index in [1.54, 1.807) is 20.3 Å². The Labute approximate surface area is 145 Å². The van der Waals surface area contributed by atoms with Crippen molar-refractivity contribution in [3.8, 4) is 11.5 Å². The second-order valence-electron chi connectivity index (χ2n) is 6.05. The van der Waals surface area contributed by atoms with Gasteiger partial charge in [0.25, 0.3) is 5.56 Å². The summed E-state index contributed by atoms with van der Waals surface area (Å²) in [5, 5.41) is 0.607. The number of methoxy groups -OCH3 is 2. The number of fused-ring (bicyclic) bond motifs is 2. The van der Waals surface area contributed by atoms with Crippen LogP contribution in [0.1, 0.15) is 11.1 Å². The molecule has 6 nitrogen and oxygen atoms in total. The Kier molecular flexibility index (Phi) is 3.80. The summed E-state index contributed by atoms with van der Waals surface area (Å²) in [6.45, 7) is 1.45. The maximum absolute atomic E-state index is 12.3. The molecule has 0 saturated carbocycles. The van der Waals surface area contributed by atoms with Gasteiger partial charge in [0.15, 0.2) is 11.5 Å². The summed E-state index contributed by atoms with van der Waals surface area (Å²) >= 11 is 0. The van der Waals surface area contributed by atoms with Crippen LogP contribution in [0.5, 0.6) is 11.5 Å². The third-order valence-electron chi connectivity index (χ3n) is 4.62. The number of rotatable bonds is 3. The van der Waals surface area contributed by atoms with Crippen molar-refractivity contribution in [2.75, 3.05) is 25.7 Å². The molecule has 0 atom stereocenters. The maximum atomic E-state index is 12.3. The van der Waals surface area contributed by atoms with Gasteiger partial charge in [-0.15, -0.1) is 0 Å². The molecular formula is C19H19N3O3. The number of anilines is 1. The summed E-state index contributed by atoms with van der Waals surface area (Å²) in [7, 11) is 3.27. The van der Waals surface area contributed by atoms with E-state index >= 15 is 0 Å². The quantitative estimate of drug-likeness (QED) is 0.795. The summed E-state index contributed by atoms with van der Waals surface area (Å²) in [4.78, 5) is 21.9. The summed E-state index contributed by atoms with van der Waals surface area (Å²) in [5.41, 5.74) is 2.98. The van der Waals surface area contributed by atoms with Crippen LogP contribution in [0, 0.1) is 0 Å². The third kappa shape index (κ3) is 2.69. The SMILES string of the molecule is COc1cc2c(cc1OC)CN(c1nc3ccccc3c(=O)[nH]1)CC2. The molecule has 4 rings (SSSR count). The summed E-state index contributed by atoms with van der Waals surface area (Å²) < 4.78 is 10.8. The molecule has 0 radical (unpaired) electrons. The van der Waals surface area contributed by atoms with Crippen LogP contribution < -0.4 is 19.9 Å². The van der Waals surface area contributed by atoms with Crippen molar-refractivity contribution in [3.05, 3.63) is 57.9 Å². The largest absolute Gasteiger partial charge is 0.493 e. The number of aromatic nitrogens is 2. The zero-order valence-corrected chi connectivity index (χ0v) is 14.2. The Morgan fingerprint density at radius 2 is 1.80 bits per heavy atom. The molecule has 2 aromatic carbocycles. The van der Waals surface area contributed by atoms with E-state index in [0.717, 1.165) is 24.3 Å². The first-order valence-corrected chi connectivity index (χ1v) is 8.17. The van der Waals surface area contributed by atoms with Gasteiger partial charge in [0.1, 0.15) is 0 Å². The van der Waals surface area contributed by atoms with Gasteiger partial charge in [-0.1, -0.05) is 12.1 Å². The molecule has 2 heterocycles. The zero-order chi connectivity index (χ0) is 17.4. The number of nitrogens with zero attached hydrogens (tertiary/aromatic N) is 2. The first-order valence-electron chi connectivity index (χ1n) is 8.17. The minimum absolute atomic E-state index is 0.112. The molecule has 3 aromatic rings. The van der Waals surface area contributed by atoms with Gasteiger partial charge in [-0.05, 0) is 41.8 Å². The fraction of sp³-hybridized carbons (Fsp3) is 0.263. The Morgan fingerprint density at radius 1 is 1.08 bits per heavy atom. The van der Waals surface area contributed by atoms with Crippen molar-refractivity contribution in [2.24, 2.45) is 0 Å². The highest BCUT2D eigenvalue weighted by Crippen LogP contribution is 2.33. The number of hydrogen-bond acceptors (Lipinski definition) is 5. The van der Waals surface area contributed by atoms with Gasteiger partial charge in [0.05, 0.1) is 25.1 Å². The Bertz CT molecular complexity index is 997. The van der Waals surface area contributed by atoms with Crippen LogP contribution in [-0.2, 0) is 13.0 Å². The highest BCUT2D eigenvalue weighted by Gasteiger charge is 2.21. The van der Waals surface area contributed by atoms with Crippen LogP contribution in [0.25, 0.3) is 10.9 Å². The van der Waals surface area contributed by atoms with Gasteiger partial charge in [-0.3, -0.25) is 9.78 Å². The molecule has 25 heavy (non-hydrogen) atoms. The Balaban J connectivity index is 1.72. The molecule has 0 amide bonds. The van der Waals surface area contributed by atoms with E-state index in [0.29, 0.717) is 29.1 Å². The predicted octanol–water partition coefficient (Wildman–Crippen LogP) is 2.50. The van der Waals surface area contributed by atoms with E-state index in [1.807, 2.05) is 30.3 Å². The van der Waals surface area contributed by atoms with E-state index in [2.05, 4.69) is 14.9 Å². The molecule has 0 bridgehead atoms. The minimum Gasteiger partial charge on any atom is -0.493 e. The summed E-state index contributed by atoms with van der Waals surface area (Å²) in [6, 6.07) is 11.4. The lowest BCUT2D eigenvalue weighted by Gasteiger charge is -2.30. The number of ether oxygens (including phenoxy) is 2. The van der Waals surface area contributed by atoms with Crippen LogP contribution in [-0.4, -0.2) is 30.7 Å². The van der Waals surface area contributed by atoms with Crippen LogP contribution in [0.2, 0.25) is 0 Å². The molecule has 1 aromatic heterocycles. The lowest BCUT2D eigenvalue weighted by atomic mass is 9.99. The predicted molar refractivity (Wildman–Crippen MR) is 96.7 cm³/mol. The van der Waals surface area contributed by atoms with Crippen LogP contribution in [0.4, 0.5) is 5.95 Å². The van der Waals surface area contributed by atoms with Crippen LogP contribution in [0.15, 0.2) is 41.2 Å². The van der Waals surface area contributed by atoms with E-state index in [-0.39, 0.29) is 5.56 Å². The average molecular weight is 337 g/mol. The third-order valence-corrected chi connectivity index (χ3v) is 4.62. The van der Waals surface area contributed by atoms with Crippen molar-refractivity contribution >= 4 is 16.9 Å². The molecule has 0 aliphatic carbocycles. The Hall–Kier alpha value is -3.02. The van der Waals surface area contributed by atoms with Gasteiger partial charge in [0, 0.05) is 13.1 Å². The number of nitrogens with one attached hydrogen (secondary N) is 1. The number of aromatic amines is 1. The summed E-state index contributed by atoms with van der Waals surface area (Å²) in [5.74, 6) is 2.05. The van der Waals surface area contributed by atoms with Crippen LogP contribution in [0.3, 0.4) is 0 Å². The van der Waals surface area contributed by atoms with E-state index in [4.69, 9.17) is 9.47 Å². The number of benzene rings is 2. The monoisotopic (exact) mass is 337 g/mol. The normalized spacial score (nSPS) is 13.6. The van der Waals surface area contributed by atoms with Gasteiger partial charge >= 0.3 is 0 Å². The van der Waals surface area contributed by atoms with Gasteiger partial charge in [-0.25, -0.2) is 4.98 Å². The van der Waals surface area contributed by atoms with Gasteiger partial charge < -0.3 is 14.4 Å². The topological polar surface area (TPSA) is 67.5 Å². The Morgan fingerprint density at radius 3 is 2.56 bits per heavy atom. The lowest BCUT2D eigenvalue weighted by Crippen LogP contribution is -2.33. The molecule has 0 spiro atoms. The standard InChI is InChI=1S/C19H19N3O3/c1-24-16-9-12-7-8-22(11-13(12)10-17(16)25-2)19-20-15-6-4-3-5-14(15)18(23)21-19/h3-6,9-10H,7-8,11H2,1-2H3,(H,20,21,23).